The molecule has 1 saturated heterocycles. The zero-order valence-electron chi connectivity index (χ0n) is 17.2. The molecule has 0 bridgehead atoms. The number of benzene rings is 2. The lowest BCUT2D eigenvalue weighted by Crippen LogP contribution is -2.41. The van der Waals surface area contributed by atoms with Crippen LogP contribution in [0.5, 0.6) is 0 Å². The maximum atomic E-state index is 13.1. The van der Waals surface area contributed by atoms with Crippen LogP contribution in [0, 0.1) is 6.92 Å². The number of aromatic nitrogens is 3. The van der Waals surface area contributed by atoms with Gasteiger partial charge in [-0.05, 0) is 57.1 Å². The Morgan fingerprint density at radius 2 is 1.76 bits per heavy atom. The average Bonchev–Trinajstić information content (AvgIpc) is 3.34. The minimum absolute atomic E-state index is 0.0148. The minimum Gasteiger partial charge on any atom is -0.333 e. The van der Waals surface area contributed by atoms with Crippen LogP contribution in [0.15, 0.2) is 54.6 Å². The molecule has 2 heterocycles. The molecule has 1 aliphatic heterocycles. The first-order valence-electron chi connectivity index (χ1n) is 10.1. The van der Waals surface area contributed by atoms with Gasteiger partial charge in [0.15, 0.2) is 5.69 Å². The first-order valence-corrected chi connectivity index (χ1v) is 10.1. The molecule has 1 amide bonds. The normalized spacial score (nSPS) is 16.6. The van der Waals surface area contributed by atoms with Crippen LogP contribution in [0.3, 0.4) is 0 Å². The summed E-state index contributed by atoms with van der Waals surface area (Å²) in [5, 5.41) is 8.51. The number of hydrogen-bond donors (Lipinski definition) is 0. The fraction of sp³-hybridized carbons (Fsp3) is 0.348. The molecule has 0 aliphatic carbocycles. The summed E-state index contributed by atoms with van der Waals surface area (Å²) in [7, 11) is 4.09. The third-order valence-electron chi connectivity index (χ3n) is 5.53. The van der Waals surface area contributed by atoms with Crippen molar-refractivity contribution in [1.29, 1.82) is 0 Å². The predicted octanol–water partition coefficient (Wildman–Crippen LogP) is 3.41. The van der Waals surface area contributed by atoms with E-state index in [1.165, 1.54) is 5.56 Å². The van der Waals surface area contributed by atoms with E-state index in [1.807, 2.05) is 56.3 Å². The van der Waals surface area contributed by atoms with E-state index >= 15 is 0 Å². The third kappa shape index (κ3) is 3.93. The number of hydrogen-bond acceptors (Lipinski definition) is 4. The Kier molecular flexibility index (Phi) is 5.45. The Balaban J connectivity index is 1.56. The number of likely N-dealkylation sites (N-methyl/N-ethyl adjacent to an activating group) is 1. The SMILES string of the molecule is Cc1c(C(=O)N2CCC[C@@H]2CN(C)C)nnn1-c1ccc(-c2ccccc2)cc1. The average molecular weight is 390 g/mol. The van der Waals surface area contributed by atoms with Crippen LogP contribution in [0.1, 0.15) is 29.0 Å². The third-order valence-corrected chi connectivity index (χ3v) is 5.53. The molecule has 1 fully saturated rings. The van der Waals surface area contributed by atoms with Gasteiger partial charge >= 0.3 is 0 Å². The van der Waals surface area contributed by atoms with Crippen LogP contribution >= 0.6 is 0 Å². The zero-order chi connectivity index (χ0) is 20.4. The van der Waals surface area contributed by atoms with Crippen LogP contribution in [-0.4, -0.2) is 63.9 Å². The summed E-state index contributed by atoms with van der Waals surface area (Å²) in [6.45, 7) is 3.57. The van der Waals surface area contributed by atoms with Crippen molar-refractivity contribution in [3.8, 4) is 16.8 Å². The number of likely N-dealkylation sites (tertiary alicyclic amines) is 1. The molecule has 150 valence electrons. The highest BCUT2D eigenvalue weighted by molar-refractivity contribution is 5.93. The maximum absolute atomic E-state index is 13.1. The van der Waals surface area contributed by atoms with Gasteiger partial charge in [0.05, 0.1) is 11.4 Å². The van der Waals surface area contributed by atoms with Gasteiger partial charge in [-0.3, -0.25) is 4.79 Å². The molecule has 1 aromatic heterocycles. The van der Waals surface area contributed by atoms with Gasteiger partial charge in [-0.15, -0.1) is 5.10 Å². The summed E-state index contributed by atoms with van der Waals surface area (Å²) < 4.78 is 1.75. The largest absolute Gasteiger partial charge is 0.333 e. The number of amides is 1. The van der Waals surface area contributed by atoms with E-state index in [-0.39, 0.29) is 11.9 Å². The zero-order valence-corrected chi connectivity index (χ0v) is 17.2. The van der Waals surface area contributed by atoms with Gasteiger partial charge < -0.3 is 9.80 Å². The van der Waals surface area contributed by atoms with E-state index in [2.05, 4.69) is 39.5 Å². The maximum Gasteiger partial charge on any atom is 0.276 e. The molecule has 0 N–H and O–H groups in total. The van der Waals surface area contributed by atoms with Crippen LogP contribution in [0.2, 0.25) is 0 Å². The van der Waals surface area contributed by atoms with E-state index in [1.54, 1.807) is 4.68 Å². The molecule has 29 heavy (non-hydrogen) atoms. The summed E-state index contributed by atoms with van der Waals surface area (Å²) in [5.74, 6) is -0.0148. The fourth-order valence-corrected chi connectivity index (χ4v) is 4.05. The molecule has 0 saturated carbocycles. The Labute approximate surface area is 171 Å². The Hall–Kier alpha value is -2.99. The number of carbonyl (C=O) groups is 1. The lowest BCUT2D eigenvalue weighted by molar-refractivity contribution is 0.0709. The molecule has 2 aromatic carbocycles. The Morgan fingerprint density at radius 1 is 1.07 bits per heavy atom. The second-order valence-corrected chi connectivity index (χ2v) is 7.91. The van der Waals surface area contributed by atoms with Gasteiger partial charge in [0.1, 0.15) is 0 Å². The van der Waals surface area contributed by atoms with Crippen molar-refractivity contribution in [3.05, 3.63) is 66.0 Å². The van der Waals surface area contributed by atoms with Crippen molar-refractivity contribution in [2.24, 2.45) is 0 Å². The molecular formula is C23H27N5O. The number of carbonyl (C=O) groups excluding carboxylic acids is 1. The topological polar surface area (TPSA) is 54.3 Å². The Bertz CT molecular complexity index is 978. The van der Waals surface area contributed by atoms with Gasteiger partial charge in [-0.2, -0.15) is 0 Å². The minimum atomic E-state index is -0.0148. The standard InChI is InChI=1S/C23H27N5O/c1-17-22(23(29)27-15-7-10-21(27)16-26(2)3)24-25-28(17)20-13-11-19(12-14-20)18-8-5-4-6-9-18/h4-6,8-9,11-14,21H,7,10,15-16H2,1-3H3/t21-/m1/s1. The Morgan fingerprint density at radius 3 is 2.45 bits per heavy atom. The highest BCUT2D eigenvalue weighted by atomic mass is 16.2. The van der Waals surface area contributed by atoms with Crippen molar-refractivity contribution in [2.45, 2.75) is 25.8 Å². The molecule has 6 nitrogen and oxygen atoms in total. The summed E-state index contributed by atoms with van der Waals surface area (Å²) in [6, 6.07) is 18.7. The first-order chi connectivity index (χ1) is 14.0. The van der Waals surface area contributed by atoms with Crippen LogP contribution in [0.25, 0.3) is 16.8 Å². The van der Waals surface area contributed by atoms with Crippen molar-refractivity contribution in [3.63, 3.8) is 0 Å². The van der Waals surface area contributed by atoms with Crippen LogP contribution < -0.4 is 0 Å². The van der Waals surface area contributed by atoms with E-state index in [0.29, 0.717) is 5.69 Å². The predicted molar refractivity (Wildman–Crippen MR) is 114 cm³/mol. The van der Waals surface area contributed by atoms with Crippen molar-refractivity contribution >= 4 is 5.91 Å². The molecule has 1 aliphatic rings. The molecule has 6 heteroatoms. The second kappa shape index (κ2) is 8.17. The van der Waals surface area contributed by atoms with Crippen LogP contribution in [-0.2, 0) is 0 Å². The lowest BCUT2D eigenvalue weighted by Gasteiger charge is -2.26. The molecule has 4 rings (SSSR count). The van der Waals surface area contributed by atoms with Crippen molar-refractivity contribution < 1.29 is 4.79 Å². The van der Waals surface area contributed by atoms with E-state index in [4.69, 9.17) is 0 Å². The molecule has 1 atom stereocenters. The highest BCUT2D eigenvalue weighted by Crippen LogP contribution is 2.24. The number of nitrogens with zero attached hydrogens (tertiary/aromatic N) is 5. The van der Waals surface area contributed by atoms with Gasteiger partial charge in [-0.25, -0.2) is 4.68 Å². The quantitative estimate of drug-likeness (QED) is 0.671. The molecule has 0 radical (unpaired) electrons. The van der Waals surface area contributed by atoms with Gasteiger partial charge in [-0.1, -0.05) is 47.7 Å². The van der Waals surface area contributed by atoms with E-state index in [9.17, 15) is 4.79 Å². The fourth-order valence-electron chi connectivity index (χ4n) is 4.05. The summed E-state index contributed by atoms with van der Waals surface area (Å²) in [5.41, 5.74) is 4.44. The first kappa shape index (κ1) is 19.3. The van der Waals surface area contributed by atoms with Gasteiger partial charge in [0, 0.05) is 19.1 Å². The number of rotatable bonds is 5. The molecule has 3 aromatic rings. The summed E-state index contributed by atoms with van der Waals surface area (Å²) >= 11 is 0. The highest BCUT2D eigenvalue weighted by Gasteiger charge is 2.32. The monoisotopic (exact) mass is 389 g/mol. The summed E-state index contributed by atoms with van der Waals surface area (Å²) in [4.78, 5) is 17.2. The van der Waals surface area contributed by atoms with Crippen LogP contribution in [0.4, 0.5) is 0 Å². The van der Waals surface area contributed by atoms with E-state index in [0.717, 1.165) is 42.9 Å². The lowest BCUT2D eigenvalue weighted by atomic mass is 10.1. The molecule has 0 spiro atoms. The smallest absolute Gasteiger partial charge is 0.276 e. The van der Waals surface area contributed by atoms with Crippen molar-refractivity contribution in [2.75, 3.05) is 27.2 Å². The van der Waals surface area contributed by atoms with Crippen molar-refractivity contribution in [1.82, 2.24) is 24.8 Å². The van der Waals surface area contributed by atoms with E-state index < -0.39 is 0 Å². The molecular weight excluding hydrogens is 362 g/mol. The van der Waals surface area contributed by atoms with Gasteiger partial charge in [0.25, 0.3) is 5.91 Å². The summed E-state index contributed by atoms with van der Waals surface area (Å²) in [6.07, 6.45) is 2.08. The second-order valence-electron chi connectivity index (χ2n) is 7.91. The molecule has 0 unspecified atom stereocenters. The van der Waals surface area contributed by atoms with Gasteiger partial charge in [0.2, 0.25) is 0 Å².